The normalized spacial score (nSPS) is 15.6. The zero-order chi connectivity index (χ0) is 9.61. The molecule has 2 N–H and O–H groups in total. The number of carboxylic acids is 1. The highest BCUT2D eigenvalue weighted by Gasteiger charge is 2.33. The van der Waals surface area contributed by atoms with Crippen LogP contribution in [0, 0.1) is 0 Å². The van der Waals surface area contributed by atoms with Gasteiger partial charge in [0.25, 0.3) is 0 Å². The van der Waals surface area contributed by atoms with Crippen LogP contribution >= 0.6 is 15.9 Å². The standard InChI is InChI=1S/C8H15BrO3/c1-2-4-8(12,7(10)11)5-3-6-9/h12H,2-6H2,1H3,(H,10,11). The molecule has 0 aromatic rings. The van der Waals surface area contributed by atoms with Crippen LogP contribution in [-0.4, -0.2) is 27.1 Å². The number of carboxylic acid groups (broad SMARTS) is 1. The fourth-order valence-electron chi connectivity index (χ4n) is 1.11. The summed E-state index contributed by atoms with van der Waals surface area (Å²) in [6.45, 7) is 1.86. The maximum Gasteiger partial charge on any atom is 0.335 e. The predicted molar refractivity (Wildman–Crippen MR) is 50.5 cm³/mol. The van der Waals surface area contributed by atoms with Crippen LogP contribution in [-0.2, 0) is 4.79 Å². The molecule has 0 aliphatic carbocycles. The maximum absolute atomic E-state index is 10.7. The van der Waals surface area contributed by atoms with Crippen molar-refractivity contribution in [2.75, 3.05) is 5.33 Å². The molecule has 72 valence electrons. The quantitative estimate of drug-likeness (QED) is 0.694. The van der Waals surface area contributed by atoms with E-state index in [4.69, 9.17) is 5.11 Å². The molecule has 1 unspecified atom stereocenters. The van der Waals surface area contributed by atoms with E-state index in [0.717, 1.165) is 5.33 Å². The van der Waals surface area contributed by atoms with Crippen LogP contribution in [0.3, 0.4) is 0 Å². The number of alkyl halides is 1. The van der Waals surface area contributed by atoms with Crippen molar-refractivity contribution >= 4 is 21.9 Å². The van der Waals surface area contributed by atoms with Crippen molar-refractivity contribution in [3.05, 3.63) is 0 Å². The molecule has 0 aromatic heterocycles. The zero-order valence-corrected chi connectivity index (χ0v) is 8.80. The summed E-state index contributed by atoms with van der Waals surface area (Å²) in [5.41, 5.74) is -1.51. The minimum Gasteiger partial charge on any atom is -0.479 e. The molecule has 0 aliphatic heterocycles. The molecule has 0 saturated carbocycles. The van der Waals surface area contributed by atoms with Crippen molar-refractivity contribution in [3.63, 3.8) is 0 Å². The van der Waals surface area contributed by atoms with Crippen LogP contribution in [0.25, 0.3) is 0 Å². The predicted octanol–water partition coefficient (Wildman–Crippen LogP) is 1.78. The fraction of sp³-hybridized carbons (Fsp3) is 0.875. The monoisotopic (exact) mass is 238 g/mol. The van der Waals surface area contributed by atoms with Gasteiger partial charge in [0.2, 0.25) is 0 Å². The van der Waals surface area contributed by atoms with Crippen LogP contribution < -0.4 is 0 Å². The van der Waals surface area contributed by atoms with Gasteiger partial charge in [0.1, 0.15) is 0 Å². The molecule has 3 nitrogen and oxygen atoms in total. The second kappa shape index (κ2) is 5.54. The Morgan fingerprint density at radius 3 is 2.42 bits per heavy atom. The fourth-order valence-corrected chi connectivity index (χ4v) is 1.39. The number of aliphatic hydroxyl groups is 1. The molecule has 0 radical (unpaired) electrons. The lowest BCUT2D eigenvalue weighted by molar-refractivity contribution is -0.160. The number of carbonyl (C=O) groups is 1. The van der Waals surface area contributed by atoms with E-state index in [-0.39, 0.29) is 0 Å². The van der Waals surface area contributed by atoms with E-state index in [2.05, 4.69) is 15.9 Å². The summed E-state index contributed by atoms with van der Waals surface area (Å²) in [6, 6.07) is 0. The van der Waals surface area contributed by atoms with Gasteiger partial charge >= 0.3 is 5.97 Å². The summed E-state index contributed by atoms with van der Waals surface area (Å²) in [5, 5.41) is 19.1. The van der Waals surface area contributed by atoms with E-state index < -0.39 is 11.6 Å². The van der Waals surface area contributed by atoms with Gasteiger partial charge in [0, 0.05) is 5.33 Å². The van der Waals surface area contributed by atoms with E-state index in [0.29, 0.717) is 25.7 Å². The van der Waals surface area contributed by atoms with Gasteiger partial charge in [-0.25, -0.2) is 4.79 Å². The highest BCUT2D eigenvalue weighted by Crippen LogP contribution is 2.20. The molecule has 0 aromatic carbocycles. The van der Waals surface area contributed by atoms with Crippen molar-refractivity contribution in [1.82, 2.24) is 0 Å². The van der Waals surface area contributed by atoms with E-state index in [1.165, 1.54) is 0 Å². The molecule has 12 heavy (non-hydrogen) atoms. The van der Waals surface area contributed by atoms with Gasteiger partial charge in [0.15, 0.2) is 5.60 Å². The Labute approximate surface area is 80.9 Å². The molecule has 0 rings (SSSR count). The lowest BCUT2D eigenvalue weighted by Gasteiger charge is -2.21. The molecule has 0 amide bonds. The number of rotatable bonds is 6. The summed E-state index contributed by atoms with van der Waals surface area (Å²) >= 11 is 3.20. The lowest BCUT2D eigenvalue weighted by Crippen LogP contribution is -2.38. The largest absolute Gasteiger partial charge is 0.479 e. The molecule has 0 spiro atoms. The highest BCUT2D eigenvalue weighted by atomic mass is 79.9. The van der Waals surface area contributed by atoms with Crippen LogP contribution in [0.4, 0.5) is 0 Å². The van der Waals surface area contributed by atoms with Gasteiger partial charge < -0.3 is 10.2 Å². The summed E-state index contributed by atoms with van der Waals surface area (Å²) in [5.74, 6) is -1.11. The Balaban J connectivity index is 4.08. The van der Waals surface area contributed by atoms with Crippen molar-refractivity contribution in [1.29, 1.82) is 0 Å². The molecule has 0 heterocycles. The van der Waals surface area contributed by atoms with Crippen molar-refractivity contribution in [2.45, 2.75) is 38.2 Å². The van der Waals surface area contributed by atoms with Gasteiger partial charge in [-0.3, -0.25) is 0 Å². The first-order valence-corrected chi connectivity index (χ1v) is 5.20. The first kappa shape index (κ1) is 11.9. The number of hydrogen-bond donors (Lipinski definition) is 2. The van der Waals surface area contributed by atoms with E-state index in [1.54, 1.807) is 0 Å². The third kappa shape index (κ3) is 3.54. The highest BCUT2D eigenvalue weighted by molar-refractivity contribution is 9.09. The molecule has 0 aliphatic rings. The van der Waals surface area contributed by atoms with Crippen LogP contribution in [0.15, 0.2) is 0 Å². The van der Waals surface area contributed by atoms with Crippen molar-refractivity contribution in [2.24, 2.45) is 0 Å². The lowest BCUT2D eigenvalue weighted by atomic mass is 9.93. The average molecular weight is 239 g/mol. The summed E-state index contributed by atoms with van der Waals surface area (Å²) < 4.78 is 0. The second-order valence-corrected chi connectivity index (χ2v) is 3.67. The molecule has 0 fully saturated rings. The third-order valence-corrected chi connectivity index (χ3v) is 2.35. The minimum atomic E-state index is -1.51. The van der Waals surface area contributed by atoms with Crippen molar-refractivity contribution < 1.29 is 15.0 Å². The topological polar surface area (TPSA) is 57.5 Å². The Morgan fingerprint density at radius 2 is 2.08 bits per heavy atom. The summed E-state index contributed by atoms with van der Waals surface area (Å²) in [7, 11) is 0. The second-order valence-electron chi connectivity index (χ2n) is 2.88. The third-order valence-electron chi connectivity index (χ3n) is 1.79. The Morgan fingerprint density at radius 1 is 1.50 bits per heavy atom. The maximum atomic E-state index is 10.7. The molecular formula is C8H15BrO3. The summed E-state index contributed by atoms with van der Waals surface area (Å²) in [6.07, 6.45) is 2.02. The van der Waals surface area contributed by atoms with Crippen LogP contribution in [0.1, 0.15) is 32.6 Å². The van der Waals surface area contributed by atoms with Crippen LogP contribution in [0.2, 0.25) is 0 Å². The molecule has 0 saturated heterocycles. The Kier molecular flexibility index (Phi) is 5.50. The van der Waals surface area contributed by atoms with E-state index >= 15 is 0 Å². The molecule has 0 bridgehead atoms. The van der Waals surface area contributed by atoms with Crippen LogP contribution in [0.5, 0.6) is 0 Å². The summed E-state index contributed by atoms with van der Waals surface area (Å²) in [4.78, 5) is 10.7. The first-order chi connectivity index (χ1) is 5.56. The smallest absolute Gasteiger partial charge is 0.335 e. The molecule has 1 atom stereocenters. The van der Waals surface area contributed by atoms with E-state index in [9.17, 15) is 9.90 Å². The van der Waals surface area contributed by atoms with Crippen molar-refractivity contribution in [3.8, 4) is 0 Å². The van der Waals surface area contributed by atoms with Gasteiger partial charge in [-0.2, -0.15) is 0 Å². The van der Waals surface area contributed by atoms with Gasteiger partial charge in [0.05, 0.1) is 0 Å². The van der Waals surface area contributed by atoms with E-state index in [1.807, 2.05) is 6.92 Å². The first-order valence-electron chi connectivity index (χ1n) is 4.08. The van der Waals surface area contributed by atoms with Gasteiger partial charge in [-0.05, 0) is 19.3 Å². The number of aliphatic carboxylic acids is 1. The SMILES string of the molecule is CCCC(O)(CCCBr)C(=O)O. The van der Waals surface area contributed by atoms with Gasteiger partial charge in [-0.1, -0.05) is 29.3 Å². The molecule has 4 heteroatoms. The zero-order valence-electron chi connectivity index (χ0n) is 7.22. The molecular weight excluding hydrogens is 224 g/mol. The minimum absolute atomic E-state index is 0.321. The Bertz CT molecular complexity index is 149. The Hall–Kier alpha value is -0.0900. The number of hydrogen-bond acceptors (Lipinski definition) is 2. The average Bonchev–Trinajstić information content (AvgIpc) is 2.01. The van der Waals surface area contributed by atoms with Gasteiger partial charge in [-0.15, -0.1) is 0 Å². The number of halogens is 1.